The summed E-state index contributed by atoms with van der Waals surface area (Å²) in [5.41, 5.74) is 7.00. The van der Waals surface area contributed by atoms with Crippen LogP contribution in [-0.2, 0) is 0 Å². The third-order valence-corrected chi connectivity index (χ3v) is 7.34. The van der Waals surface area contributed by atoms with Crippen LogP contribution in [0, 0.1) is 18.3 Å². The number of nitrogens with one attached hydrogen (secondary N) is 3. The average molecular weight is 575 g/mol. The summed E-state index contributed by atoms with van der Waals surface area (Å²) in [7, 11) is 0. The topological polar surface area (TPSA) is 107 Å². The lowest BCUT2D eigenvalue weighted by Crippen LogP contribution is -2.24. The van der Waals surface area contributed by atoms with Gasteiger partial charge < -0.3 is 20.4 Å². The molecular formula is C36H38N4O3. The molecule has 0 aliphatic heterocycles. The van der Waals surface area contributed by atoms with Crippen molar-refractivity contribution in [3.63, 3.8) is 0 Å². The molecular weight excluding hydrogens is 536 g/mol. The first-order chi connectivity index (χ1) is 20.9. The number of hydrogen-bond acceptors (Lipinski definition) is 5. The lowest BCUT2D eigenvalue weighted by molar-refractivity contribution is 0.0936. The molecule has 220 valence electrons. The van der Waals surface area contributed by atoms with Crippen LogP contribution in [0.3, 0.4) is 0 Å². The van der Waals surface area contributed by atoms with Gasteiger partial charge in [-0.2, -0.15) is 5.26 Å². The summed E-state index contributed by atoms with van der Waals surface area (Å²) in [4.78, 5) is 26.1. The summed E-state index contributed by atoms with van der Waals surface area (Å²) in [6, 6.07) is 20.9. The molecule has 0 radical (unpaired) electrons. The molecule has 1 aliphatic carbocycles. The summed E-state index contributed by atoms with van der Waals surface area (Å²) >= 11 is 0. The largest absolute Gasteiger partial charge is 0.459 e. The highest BCUT2D eigenvalue weighted by Gasteiger charge is 2.21. The maximum absolute atomic E-state index is 13.1. The standard InChI is InChI=1S/C36H38N4O3/c1-4-26(24-38-5-2)12-9-19-39-35(41)29-14-8-13-27(21-29)31-22-28(30-15-7-6-11-25(30)3)17-18-33(32(31)23-37)40-36(42)34-16-10-20-43-34/h6-8,10-11,13-16,18,20-22,24,38H,4-5,9,12,17,19H2,1-3H3,(H,39,41)(H,40,42)/b26-24+. The van der Waals surface area contributed by atoms with E-state index in [1.54, 1.807) is 24.3 Å². The summed E-state index contributed by atoms with van der Waals surface area (Å²) in [6.07, 6.45) is 10.6. The molecule has 0 fully saturated rings. The Bertz CT molecular complexity index is 1620. The molecule has 7 heteroatoms. The van der Waals surface area contributed by atoms with Crippen LogP contribution in [0.5, 0.6) is 0 Å². The molecule has 43 heavy (non-hydrogen) atoms. The van der Waals surface area contributed by atoms with E-state index in [-0.39, 0.29) is 11.7 Å². The molecule has 0 saturated heterocycles. The van der Waals surface area contributed by atoms with Gasteiger partial charge in [-0.3, -0.25) is 9.59 Å². The van der Waals surface area contributed by atoms with Gasteiger partial charge in [-0.15, -0.1) is 0 Å². The van der Waals surface area contributed by atoms with Gasteiger partial charge >= 0.3 is 0 Å². The van der Waals surface area contributed by atoms with E-state index in [9.17, 15) is 14.9 Å². The Morgan fingerprint density at radius 3 is 2.60 bits per heavy atom. The number of rotatable bonds is 12. The number of amides is 2. The molecule has 1 heterocycles. The molecule has 1 aliphatic rings. The van der Waals surface area contributed by atoms with Gasteiger partial charge in [-0.1, -0.05) is 55.0 Å². The van der Waals surface area contributed by atoms with Gasteiger partial charge in [0.05, 0.1) is 17.5 Å². The van der Waals surface area contributed by atoms with Crippen LogP contribution >= 0.6 is 0 Å². The SMILES string of the molecule is CCN/C=C(\CC)CCCNC(=O)c1cccc(C2=C(C#N)C(NC(=O)c3ccco3)=CCC(c3ccccc3C)=C2)c1. The molecule has 0 spiro atoms. The summed E-state index contributed by atoms with van der Waals surface area (Å²) in [5, 5.41) is 19.5. The van der Waals surface area contributed by atoms with E-state index in [2.05, 4.69) is 42.1 Å². The second-order valence-corrected chi connectivity index (χ2v) is 10.3. The van der Waals surface area contributed by atoms with Crippen molar-refractivity contribution in [3.05, 3.63) is 130 Å². The van der Waals surface area contributed by atoms with E-state index in [0.29, 0.717) is 40.9 Å². The number of allylic oxidation sites excluding steroid dienone is 6. The predicted octanol–water partition coefficient (Wildman–Crippen LogP) is 7.08. The Kier molecular flexibility index (Phi) is 10.9. The third kappa shape index (κ3) is 8.02. The second-order valence-electron chi connectivity index (χ2n) is 10.3. The molecule has 0 saturated carbocycles. The lowest BCUT2D eigenvalue weighted by atomic mass is 9.93. The molecule has 0 unspecified atom stereocenters. The predicted molar refractivity (Wildman–Crippen MR) is 171 cm³/mol. The first kappa shape index (κ1) is 30.9. The minimum Gasteiger partial charge on any atom is -0.459 e. The van der Waals surface area contributed by atoms with Crippen LogP contribution in [0.15, 0.2) is 107 Å². The maximum atomic E-state index is 13.1. The van der Waals surface area contributed by atoms with Crippen molar-refractivity contribution >= 4 is 23.0 Å². The molecule has 7 nitrogen and oxygen atoms in total. The number of carbonyl (C=O) groups excluding carboxylic acids is 2. The Morgan fingerprint density at radius 2 is 1.88 bits per heavy atom. The molecule has 0 atom stereocenters. The van der Waals surface area contributed by atoms with E-state index in [0.717, 1.165) is 42.5 Å². The average Bonchev–Trinajstić information content (AvgIpc) is 3.51. The van der Waals surface area contributed by atoms with Gasteiger partial charge in [0.1, 0.15) is 6.07 Å². The van der Waals surface area contributed by atoms with Gasteiger partial charge in [0.25, 0.3) is 11.8 Å². The van der Waals surface area contributed by atoms with Crippen molar-refractivity contribution in [2.45, 2.75) is 46.5 Å². The summed E-state index contributed by atoms with van der Waals surface area (Å²) in [5.74, 6) is -0.464. The molecule has 2 aromatic carbocycles. The van der Waals surface area contributed by atoms with Crippen LogP contribution in [0.4, 0.5) is 0 Å². The van der Waals surface area contributed by atoms with Crippen LogP contribution in [0.25, 0.3) is 11.1 Å². The van der Waals surface area contributed by atoms with Crippen molar-refractivity contribution in [2.75, 3.05) is 13.1 Å². The van der Waals surface area contributed by atoms with Gasteiger partial charge in [0.2, 0.25) is 0 Å². The molecule has 4 rings (SSSR count). The van der Waals surface area contributed by atoms with Crippen molar-refractivity contribution in [1.82, 2.24) is 16.0 Å². The minimum absolute atomic E-state index is 0.151. The Morgan fingerprint density at radius 1 is 1.05 bits per heavy atom. The Hall–Kier alpha value is -5.09. The van der Waals surface area contributed by atoms with Crippen LogP contribution in [0.2, 0.25) is 0 Å². The van der Waals surface area contributed by atoms with E-state index in [1.807, 2.05) is 55.5 Å². The molecule has 3 N–H and O–H groups in total. The molecule has 1 aromatic heterocycles. The van der Waals surface area contributed by atoms with Crippen LogP contribution in [-0.4, -0.2) is 24.9 Å². The number of carbonyl (C=O) groups is 2. The van der Waals surface area contributed by atoms with E-state index in [4.69, 9.17) is 4.42 Å². The van der Waals surface area contributed by atoms with Gasteiger partial charge in [0, 0.05) is 24.2 Å². The number of benzene rings is 2. The fourth-order valence-electron chi connectivity index (χ4n) is 4.98. The third-order valence-electron chi connectivity index (χ3n) is 7.34. The smallest absolute Gasteiger partial charge is 0.291 e. The number of hydrogen-bond donors (Lipinski definition) is 3. The Labute approximate surface area is 253 Å². The fraction of sp³-hybridized carbons (Fsp3) is 0.250. The monoisotopic (exact) mass is 574 g/mol. The second kappa shape index (κ2) is 15.2. The Balaban J connectivity index is 1.64. The number of furan rings is 1. The van der Waals surface area contributed by atoms with Gasteiger partial charge in [-0.05, 0) is 98.3 Å². The van der Waals surface area contributed by atoms with Crippen LogP contribution < -0.4 is 16.0 Å². The zero-order valence-corrected chi connectivity index (χ0v) is 25.0. The fourth-order valence-corrected chi connectivity index (χ4v) is 4.98. The normalized spacial score (nSPS) is 13.4. The summed E-state index contributed by atoms with van der Waals surface area (Å²) < 4.78 is 5.27. The lowest BCUT2D eigenvalue weighted by Gasteiger charge is -2.13. The number of aryl methyl sites for hydroxylation is 1. The maximum Gasteiger partial charge on any atom is 0.291 e. The van der Waals surface area contributed by atoms with Gasteiger partial charge in [0.15, 0.2) is 5.76 Å². The first-order valence-corrected chi connectivity index (χ1v) is 14.7. The van der Waals surface area contributed by atoms with Crippen molar-refractivity contribution < 1.29 is 14.0 Å². The molecule has 2 amide bonds. The van der Waals surface area contributed by atoms with E-state index in [1.165, 1.54) is 11.8 Å². The zero-order valence-electron chi connectivity index (χ0n) is 25.0. The van der Waals surface area contributed by atoms with Crippen LogP contribution in [0.1, 0.15) is 77.1 Å². The highest BCUT2D eigenvalue weighted by Crippen LogP contribution is 2.34. The number of nitriles is 1. The van der Waals surface area contributed by atoms with Gasteiger partial charge in [-0.25, -0.2) is 0 Å². The van der Waals surface area contributed by atoms with Crippen molar-refractivity contribution in [1.29, 1.82) is 5.26 Å². The van der Waals surface area contributed by atoms with E-state index < -0.39 is 5.91 Å². The number of nitrogens with zero attached hydrogens (tertiary/aromatic N) is 1. The zero-order chi connectivity index (χ0) is 30.6. The summed E-state index contributed by atoms with van der Waals surface area (Å²) in [6.45, 7) is 7.68. The molecule has 0 bridgehead atoms. The minimum atomic E-state index is -0.442. The molecule has 3 aromatic rings. The highest BCUT2D eigenvalue weighted by atomic mass is 16.3. The first-order valence-electron chi connectivity index (χ1n) is 14.7. The quantitative estimate of drug-likeness (QED) is 0.200. The van der Waals surface area contributed by atoms with E-state index >= 15 is 0 Å². The van der Waals surface area contributed by atoms with Crippen molar-refractivity contribution in [2.24, 2.45) is 0 Å². The van der Waals surface area contributed by atoms with Crippen molar-refractivity contribution in [3.8, 4) is 6.07 Å². The highest BCUT2D eigenvalue weighted by molar-refractivity contribution is 5.98.